The van der Waals surface area contributed by atoms with Crippen LogP contribution in [0, 0.1) is 0 Å². The number of aromatic nitrogens is 2. The van der Waals surface area contributed by atoms with Crippen LogP contribution in [-0.2, 0) is 9.53 Å². The Balaban J connectivity index is 2.16. The predicted octanol–water partition coefficient (Wildman–Crippen LogP) is 0.276. The number of hydrogen-bond donors (Lipinski definition) is 2. The Morgan fingerprint density at radius 3 is 2.75 bits per heavy atom. The molecule has 0 unspecified atom stereocenters. The van der Waals surface area contributed by atoms with Crippen molar-refractivity contribution in [3.63, 3.8) is 0 Å². The molecule has 0 bridgehead atoms. The van der Waals surface area contributed by atoms with Crippen LogP contribution < -0.4 is 0 Å². The number of carbonyl (C=O) groups excluding carboxylic acids is 2. The summed E-state index contributed by atoms with van der Waals surface area (Å²) >= 11 is 0. The summed E-state index contributed by atoms with van der Waals surface area (Å²) in [6.07, 6.45) is 2.72. The summed E-state index contributed by atoms with van der Waals surface area (Å²) in [5, 5.41) is 8.97. The van der Waals surface area contributed by atoms with E-state index in [1.54, 1.807) is 6.92 Å². The molecule has 8 heteroatoms. The van der Waals surface area contributed by atoms with E-state index in [9.17, 15) is 14.4 Å². The molecule has 1 aromatic heterocycles. The smallest absolute Gasteiger partial charge is 0.354 e. The number of hydrogen-bond acceptors (Lipinski definition) is 5. The number of carbonyl (C=O) groups is 3. The molecule has 0 aromatic carbocycles. The minimum absolute atomic E-state index is 0.0507. The van der Waals surface area contributed by atoms with Gasteiger partial charge in [-0.2, -0.15) is 0 Å². The Morgan fingerprint density at radius 1 is 1.50 bits per heavy atom. The monoisotopic (exact) mass is 281 g/mol. The third kappa shape index (κ3) is 2.95. The van der Waals surface area contributed by atoms with Crippen LogP contribution in [0.2, 0.25) is 0 Å². The molecule has 0 radical (unpaired) electrons. The topological polar surface area (TPSA) is 113 Å². The summed E-state index contributed by atoms with van der Waals surface area (Å²) in [5.74, 6) is -2.35. The van der Waals surface area contributed by atoms with E-state index in [2.05, 4.69) is 9.97 Å². The number of esters is 1. The molecule has 8 nitrogen and oxygen atoms in total. The Labute approximate surface area is 114 Å². The lowest BCUT2D eigenvalue weighted by Crippen LogP contribution is -2.39. The molecule has 0 aliphatic heterocycles. The van der Waals surface area contributed by atoms with Crippen molar-refractivity contribution in [1.29, 1.82) is 0 Å². The Hall–Kier alpha value is -2.38. The Kier molecular flexibility index (Phi) is 4.02. The molecule has 1 heterocycles. The van der Waals surface area contributed by atoms with Gasteiger partial charge in [0.15, 0.2) is 11.4 Å². The number of rotatable bonds is 6. The van der Waals surface area contributed by atoms with Crippen molar-refractivity contribution >= 4 is 17.8 Å². The van der Waals surface area contributed by atoms with Crippen molar-refractivity contribution in [3.05, 3.63) is 17.7 Å². The number of nitrogens with one attached hydrogen (secondary N) is 1. The Morgan fingerprint density at radius 2 is 2.20 bits per heavy atom. The van der Waals surface area contributed by atoms with Gasteiger partial charge in [0.1, 0.15) is 6.54 Å². The molecular formula is C12H15N3O5. The average Bonchev–Trinajstić information content (AvgIpc) is 3.11. The summed E-state index contributed by atoms with van der Waals surface area (Å²) in [7, 11) is 0. The van der Waals surface area contributed by atoms with Crippen molar-refractivity contribution in [3.8, 4) is 0 Å². The molecular weight excluding hydrogens is 266 g/mol. The van der Waals surface area contributed by atoms with E-state index in [0.717, 1.165) is 19.2 Å². The zero-order valence-corrected chi connectivity index (χ0v) is 11.0. The molecule has 0 spiro atoms. The standard InChI is InChI=1S/C12H15N3O5/c1-2-20-8(16)5-15(7-3-4-7)11(17)9-10(12(18)19)14-6-13-9/h6-7H,2-5H2,1H3,(H,13,14)(H,18,19). The van der Waals surface area contributed by atoms with Crippen LogP contribution in [0.5, 0.6) is 0 Å². The van der Waals surface area contributed by atoms with E-state index in [1.807, 2.05) is 0 Å². The van der Waals surface area contributed by atoms with Crippen molar-refractivity contribution in [1.82, 2.24) is 14.9 Å². The van der Waals surface area contributed by atoms with Crippen LogP contribution in [0.3, 0.4) is 0 Å². The highest BCUT2D eigenvalue weighted by molar-refractivity contribution is 6.03. The summed E-state index contributed by atoms with van der Waals surface area (Å²) in [5.41, 5.74) is -0.460. The van der Waals surface area contributed by atoms with Gasteiger partial charge in [-0.3, -0.25) is 9.59 Å². The lowest BCUT2D eigenvalue weighted by atomic mass is 10.2. The number of aromatic carboxylic acids is 1. The van der Waals surface area contributed by atoms with Crippen molar-refractivity contribution in [2.24, 2.45) is 0 Å². The fraction of sp³-hybridized carbons (Fsp3) is 0.500. The number of imidazole rings is 1. The van der Waals surface area contributed by atoms with Gasteiger partial charge >= 0.3 is 11.9 Å². The molecule has 0 saturated heterocycles. The van der Waals surface area contributed by atoms with Crippen LogP contribution in [0.25, 0.3) is 0 Å². The molecule has 1 fully saturated rings. The van der Waals surface area contributed by atoms with Gasteiger partial charge in [0, 0.05) is 6.04 Å². The van der Waals surface area contributed by atoms with Crippen LogP contribution in [0.4, 0.5) is 0 Å². The van der Waals surface area contributed by atoms with Crippen molar-refractivity contribution < 1.29 is 24.2 Å². The zero-order chi connectivity index (χ0) is 14.7. The molecule has 1 aromatic rings. The molecule has 2 rings (SSSR count). The number of amides is 1. The first-order chi connectivity index (χ1) is 9.54. The highest BCUT2D eigenvalue weighted by Gasteiger charge is 2.37. The number of carboxylic acids is 1. The van der Waals surface area contributed by atoms with Gasteiger partial charge in [0.05, 0.1) is 12.9 Å². The zero-order valence-electron chi connectivity index (χ0n) is 11.0. The first kappa shape index (κ1) is 14.0. The minimum atomic E-state index is -1.27. The van der Waals surface area contributed by atoms with Gasteiger partial charge in [0.25, 0.3) is 5.91 Å². The largest absolute Gasteiger partial charge is 0.477 e. The van der Waals surface area contributed by atoms with E-state index < -0.39 is 17.8 Å². The fourth-order valence-corrected chi connectivity index (χ4v) is 1.85. The maximum absolute atomic E-state index is 12.3. The number of H-pyrrole nitrogens is 1. The molecule has 1 amide bonds. The van der Waals surface area contributed by atoms with Gasteiger partial charge in [0.2, 0.25) is 0 Å². The lowest BCUT2D eigenvalue weighted by molar-refractivity contribution is -0.144. The molecule has 2 N–H and O–H groups in total. The van der Waals surface area contributed by atoms with Crippen LogP contribution >= 0.6 is 0 Å². The van der Waals surface area contributed by atoms with Crippen LogP contribution in [0.1, 0.15) is 40.7 Å². The number of carboxylic acid groups (broad SMARTS) is 1. The fourth-order valence-electron chi connectivity index (χ4n) is 1.85. The van der Waals surface area contributed by atoms with Crippen LogP contribution in [0.15, 0.2) is 6.33 Å². The van der Waals surface area contributed by atoms with Crippen LogP contribution in [-0.4, -0.2) is 57.0 Å². The third-order valence-electron chi connectivity index (χ3n) is 2.91. The highest BCUT2D eigenvalue weighted by atomic mass is 16.5. The molecule has 1 aliphatic rings. The van der Waals surface area contributed by atoms with Gasteiger partial charge in [-0.15, -0.1) is 0 Å². The second-order valence-electron chi connectivity index (χ2n) is 4.40. The second-order valence-corrected chi connectivity index (χ2v) is 4.40. The highest BCUT2D eigenvalue weighted by Crippen LogP contribution is 2.28. The van der Waals surface area contributed by atoms with Gasteiger partial charge < -0.3 is 19.7 Å². The molecule has 1 saturated carbocycles. The van der Waals surface area contributed by atoms with Gasteiger partial charge in [-0.25, -0.2) is 9.78 Å². The molecule has 0 atom stereocenters. The van der Waals surface area contributed by atoms with E-state index >= 15 is 0 Å². The summed E-state index contributed by atoms with van der Waals surface area (Å²) in [6.45, 7) is 1.72. The van der Waals surface area contributed by atoms with E-state index in [0.29, 0.717) is 0 Å². The van der Waals surface area contributed by atoms with Gasteiger partial charge in [-0.1, -0.05) is 0 Å². The maximum Gasteiger partial charge on any atom is 0.354 e. The molecule has 20 heavy (non-hydrogen) atoms. The predicted molar refractivity (Wildman–Crippen MR) is 66.2 cm³/mol. The molecule has 108 valence electrons. The van der Waals surface area contributed by atoms with E-state index in [-0.39, 0.29) is 30.6 Å². The van der Waals surface area contributed by atoms with Gasteiger partial charge in [-0.05, 0) is 19.8 Å². The van der Waals surface area contributed by atoms with Crippen molar-refractivity contribution in [2.45, 2.75) is 25.8 Å². The maximum atomic E-state index is 12.3. The minimum Gasteiger partial charge on any atom is -0.477 e. The molecule has 1 aliphatic carbocycles. The van der Waals surface area contributed by atoms with E-state index in [4.69, 9.17) is 9.84 Å². The third-order valence-corrected chi connectivity index (χ3v) is 2.91. The summed E-state index contributed by atoms with van der Waals surface area (Å²) in [4.78, 5) is 42.3. The average molecular weight is 281 g/mol. The SMILES string of the molecule is CCOC(=O)CN(C(=O)c1nc[nH]c1C(=O)O)C1CC1. The lowest BCUT2D eigenvalue weighted by Gasteiger charge is -2.20. The van der Waals surface area contributed by atoms with Crippen molar-refractivity contribution in [2.75, 3.05) is 13.2 Å². The normalized spacial score (nSPS) is 13.8. The number of aromatic amines is 1. The Bertz CT molecular complexity index is 535. The number of ether oxygens (including phenoxy) is 1. The van der Waals surface area contributed by atoms with E-state index in [1.165, 1.54) is 4.90 Å². The summed E-state index contributed by atoms with van der Waals surface area (Å²) in [6, 6.07) is -0.0507. The first-order valence-electron chi connectivity index (χ1n) is 6.27. The number of nitrogens with zero attached hydrogens (tertiary/aromatic N) is 2. The summed E-state index contributed by atoms with van der Waals surface area (Å²) < 4.78 is 4.82. The second kappa shape index (κ2) is 5.72. The first-order valence-corrected chi connectivity index (χ1v) is 6.27. The quantitative estimate of drug-likeness (QED) is 0.724.